The van der Waals surface area contributed by atoms with Crippen molar-refractivity contribution in [1.29, 1.82) is 0 Å². The van der Waals surface area contributed by atoms with E-state index in [0.717, 1.165) is 18.4 Å². The molecule has 20 heavy (non-hydrogen) atoms. The lowest BCUT2D eigenvalue weighted by molar-refractivity contribution is -0.130. The minimum Gasteiger partial charge on any atom is -0.435 e. The second-order valence-corrected chi connectivity index (χ2v) is 4.52. The first kappa shape index (κ1) is 16.4. The number of carbonyl (C=O) groups excluding carboxylic acids is 1. The Kier molecular flexibility index (Phi) is 6.93. The number of alkyl halides is 2. The lowest BCUT2D eigenvalue weighted by atomic mass is 10.2. The number of amides is 1. The second kappa shape index (κ2) is 8.47. The quantitative estimate of drug-likeness (QED) is 0.746. The van der Waals surface area contributed by atoms with Crippen LogP contribution >= 0.6 is 0 Å². The maximum Gasteiger partial charge on any atom is 0.387 e. The third kappa shape index (κ3) is 5.97. The lowest BCUT2D eigenvalue weighted by Crippen LogP contribution is -2.26. The minimum atomic E-state index is -2.83. The Morgan fingerprint density at radius 1 is 1.30 bits per heavy atom. The van der Waals surface area contributed by atoms with Crippen molar-refractivity contribution in [3.8, 4) is 5.75 Å². The third-order valence-corrected chi connectivity index (χ3v) is 2.84. The molecule has 2 N–H and O–H groups in total. The predicted octanol–water partition coefficient (Wildman–Crippen LogP) is 2.38. The predicted molar refractivity (Wildman–Crippen MR) is 72.5 cm³/mol. The minimum absolute atomic E-state index is 0.0476. The summed E-state index contributed by atoms with van der Waals surface area (Å²) in [6.07, 6.45) is 2.08. The Balaban J connectivity index is 2.45. The van der Waals surface area contributed by atoms with Crippen molar-refractivity contribution >= 4 is 5.91 Å². The normalized spacial score (nSPS) is 10.7. The van der Waals surface area contributed by atoms with E-state index in [1.165, 1.54) is 12.1 Å². The highest BCUT2D eigenvalue weighted by Gasteiger charge is 2.09. The molecule has 0 bridgehead atoms. The van der Waals surface area contributed by atoms with Gasteiger partial charge in [-0.2, -0.15) is 8.78 Å². The fraction of sp³-hybridized carbons (Fsp3) is 0.500. The molecule has 6 heteroatoms. The highest BCUT2D eigenvalue weighted by atomic mass is 19.3. The van der Waals surface area contributed by atoms with Crippen LogP contribution in [0.15, 0.2) is 24.3 Å². The zero-order chi connectivity index (χ0) is 15.0. The summed E-state index contributed by atoms with van der Waals surface area (Å²) < 4.78 is 28.3. The van der Waals surface area contributed by atoms with E-state index in [-0.39, 0.29) is 11.7 Å². The molecule has 4 nitrogen and oxygen atoms in total. The van der Waals surface area contributed by atoms with Crippen molar-refractivity contribution in [2.75, 3.05) is 13.6 Å². The van der Waals surface area contributed by atoms with Gasteiger partial charge >= 0.3 is 6.61 Å². The highest BCUT2D eigenvalue weighted by Crippen LogP contribution is 2.16. The molecule has 0 atom stereocenters. The summed E-state index contributed by atoms with van der Waals surface area (Å²) >= 11 is 0. The van der Waals surface area contributed by atoms with Crippen LogP contribution in [0.5, 0.6) is 5.75 Å². The zero-order valence-corrected chi connectivity index (χ0v) is 11.5. The summed E-state index contributed by atoms with van der Waals surface area (Å²) in [4.78, 5) is 13.4. The Bertz CT molecular complexity index is 410. The Morgan fingerprint density at radius 2 is 1.95 bits per heavy atom. The molecule has 0 radical (unpaired) electrons. The molecular weight excluding hydrogens is 266 g/mol. The molecule has 1 amide bonds. The molecule has 0 aliphatic heterocycles. The van der Waals surface area contributed by atoms with Gasteiger partial charge in [0, 0.05) is 20.0 Å². The Morgan fingerprint density at radius 3 is 2.50 bits per heavy atom. The van der Waals surface area contributed by atoms with Crippen LogP contribution in [0.1, 0.15) is 24.8 Å². The molecule has 112 valence electrons. The van der Waals surface area contributed by atoms with Crippen molar-refractivity contribution in [3.63, 3.8) is 0 Å². The first-order chi connectivity index (χ1) is 9.52. The van der Waals surface area contributed by atoms with Gasteiger partial charge in [-0.3, -0.25) is 4.79 Å². The average Bonchev–Trinajstić information content (AvgIpc) is 2.40. The number of hydrogen-bond donors (Lipinski definition) is 1. The van der Waals surface area contributed by atoms with Gasteiger partial charge in [-0.05, 0) is 37.1 Å². The molecule has 0 heterocycles. The van der Waals surface area contributed by atoms with Crippen molar-refractivity contribution in [3.05, 3.63) is 29.8 Å². The van der Waals surface area contributed by atoms with Crippen LogP contribution < -0.4 is 10.5 Å². The topological polar surface area (TPSA) is 55.6 Å². The molecule has 1 rings (SSSR count). The lowest BCUT2D eigenvalue weighted by Gasteiger charge is -2.17. The molecule has 1 aromatic carbocycles. The largest absolute Gasteiger partial charge is 0.435 e. The summed E-state index contributed by atoms with van der Waals surface area (Å²) in [5.41, 5.74) is 6.24. The first-order valence-corrected chi connectivity index (χ1v) is 6.50. The molecule has 0 saturated carbocycles. The molecule has 0 aromatic heterocycles. The number of ether oxygens (including phenoxy) is 1. The Hall–Kier alpha value is -1.69. The van der Waals surface area contributed by atoms with Crippen LogP contribution in [-0.4, -0.2) is 31.0 Å². The maximum absolute atomic E-state index is 12.0. The van der Waals surface area contributed by atoms with Gasteiger partial charge in [0.15, 0.2) is 0 Å². The zero-order valence-electron chi connectivity index (χ0n) is 11.5. The molecule has 0 aliphatic carbocycles. The molecule has 0 spiro atoms. The van der Waals surface area contributed by atoms with Crippen LogP contribution in [-0.2, 0) is 11.3 Å². The van der Waals surface area contributed by atoms with Crippen LogP contribution in [0.4, 0.5) is 8.78 Å². The van der Waals surface area contributed by atoms with E-state index >= 15 is 0 Å². The van der Waals surface area contributed by atoms with Crippen molar-refractivity contribution in [2.24, 2.45) is 5.73 Å². The average molecular weight is 286 g/mol. The number of carbonyl (C=O) groups is 1. The van der Waals surface area contributed by atoms with E-state index in [1.54, 1.807) is 24.1 Å². The smallest absolute Gasteiger partial charge is 0.387 e. The van der Waals surface area contributed by atoms with Crippen LogP contribution in [0.3, 0.4) is 0 Å². The van der Waals surface area contributed by atoms with Gasteiger partial charge in [0.05, 0.1) is 0 Å². The summed E-state index contributed by atoms with van der Waals surface area (Å²) in [6, 6.07) is 6.27. The maximum atomic E-state index is 12.0. The van der Waals surface area contributed by atoms with Gasteiger partial charge in [-0.1, -0.05) is 12.1 Å². The summed E-state index contributed by atoms with van der Waals surface area (Å²) in [6.45, 7) is -1.80. The summed E-state index contributed by atoms with van der Waals surface area (Å²) in [5.74, 6) is 0.159. The van der Waals surface area contributed by atoms with Gasteiger partial charge in [0.1, 0.15) is 5.75 Å². The van der Waals surface area contributed by atoms with Crippen LogP contribution in [0.25, 0.3) is 0 Å². The molecule has 1 aromatic rings. The number of nitrogens with zero attached hydrogens (tertiary/aromatic N) is 1. The van der Waals surface area contributed by atoms with Gasteiger partial charge in [0.25, 0.3) is 0 Å². The van der Waals surface area contributed by atoms with Crippen molar-refractivity contribution in [1.82, 2.24) is 4.90 Å². The second-order valence-electron chi connectivity index (χ2n) is 4.52. The summed E-state index contributed by atoms with van der Waals surface area (Å²) in [7, 11) is 1.72. The molecule has 0 unspecified atom stereocenters. The molecule has 0 saturated heterocycles. The van der Waals surface area contributed by atoms with Crippen molar-refractivity contribution in [2.45, 2.75) is 32.4 Å². The van der Waals surface area contributed by atoms with E-state index in [1.807, 2.05) is 0 Å². The standard InChI is InChI=1S/C14H20F2N2O2/c1-18(13(19)4-2-3-9-17)10-11-5-7-12(8-6-11)20-14(15)16/h5-8,14H,2-4,9-10,17H2,1H3. The molecular formula is C14H20F2N2O2. The monoisotopic (exact) mass is 286 g/mol. The number of unbranched alkanes of at least 4 members (excludes halogenated alkanes) is 1. The number of nitrogens with two attached hydrogens (primary N) is 1. The Labute approximate surface area is 117 Å². The van der Waals surface area contributed by atoms with Gasteiger partial charge in [-0.15, -0.1) is 0 Å². The number of rotatable bonds is 8. The third-order valence-electron chi connectivity index (χ3n) is 2.84. The fourth-order valence-corrected chi connectivity index (χ4v) is 1.75. The number of hydrogen-bond acceptors (Lipinski definition) is 3. The van der Waals surface area contributed by atoms with E-state index in [0.29, 0.717) is 19.5 Å². The van der Waals surface area contributed by atoms with E-state index < -0.39 is 6.61 Å². The fourth-order valence-electron chi connectivity index (χ4n) is 1.75. The summed E-state index contributed by atoms with van der Waals surface area (Å²) in [5, 5.41) is 0. The first-order valence-electron chi connectivity index (χ1n) is 6.50. The molecule has 0 fully saturated rings. The SMILES string of the molecule is CN(Cc1ccc(OC(F)F)cc1)C(=O)CCCCN. The molecule has 0 aliphatic rings. The van der Waals surface area contributed by atoms with Crippen molar-refractivity contribution < 1.29 is 18.3 Å². The number of benzene rings is 1. The van der Waals surface area contributed by atoms with Gasteiger partial charge in [-0.25, -0.2) is 0 Å². The van der Waals surface area contributed by atoms with Gasteiger partial charge < -0.3 is 15.4 Å². The highest BCUT2D eigenvalue weighted by molar-refractivity contribution is 5.75. The van der Waals surface area contributed by atoms with Gasteiger partial charge in [0.2, 0.25) is 5.91 Å². The van der Waals surface area contributed by atoms with Crippen LogP contribution in [0.2, 0.25) is 0 Å². The van der Waals surface area contributed by atoms with Crippen LogP contribution in [0, 0.1) is 0 Å². The van der Waals surface area contributed by atoms with E-state index in [9.17, 15) is 13.6 Å². The van der Waals surface area contributed by atoms with E-state index in [2.05, 4.69) is 4.74 Å². The van der Waals surface area contributed by atoms with E-state index in [4.69, 9.17) is 5.73 Å². The number of halogens is 2.